The SMILES string of the molecule is COC(=O)C[C@H](COC=O)c1ccccc1. The summed E-state index contributed by atoms with van der Waals surface area (Å²) in [5, 5.41) is 0. The summed E-state index contributed by atoms with van der Waals surface area (Å²) in [7, 11) is 1.34. The molecule has 0 spiro atoms. The van der Waals surface area contributed by atoms with Gasteiger partial charge in [0.2, 0.25) is 0 Å². The van der Waals surface area contributed by atoms with Crippen molar-refractivity contribution in [1.82, 2.24) is 0 Å². The van der Waals surface area contributed by atoms with Gasteiger partial charge in [-0.3, -0.25) is 9.59 Å². The second-order valence-electron chi connectivity index (χ2n) is 3.32. The topological polar surface area (TPSA) is 52.6 Å². The minimum Gasteiger partial charge on any atom is -0.469 e. The highest BCUT2D eigenvalue weighted by molar-refractivity contribution is 5.70. The van der Waals surface area contributed by atoms with E-state index in [1.807, 2.05) is 30.3 Å². The molecule has 0 radical (unpaired) electrons. The zero-order valence-electron chi connectivity index (χ0n) is 9.09. The van der Waals surface area contributed by atoms with Gasteiger partial charge in [-0.2, -0.15) is 0 Å². The van der Waals surface area contributed by atoms with Gasteiger partial charge in [-0.1, -0.05) is 30.3 Å². The van der Waals surface area contributed by atoms with Crippen LogP contribution in [0.4, 0.5) is 0 Å². The number of hydrogen-bond donors (Lipinski definition) is 0. The molecule has 86 valence electrons. The third-order valence-corrected chi connectivity index (χ3v) is 2.28. The van der Waals surface area contributed by atoms with Crippen molar-refractivity contribution in [3.05, 3.63) is 35.9 Å². The van der Waals surface area contributed by atoms with E-state index >= 15 is 0 Å². The third-order valence-electron chi connectivity index (χ3n) is 2.28. The normalized spacial score (nSPS) is 11.6. The average Bonchev–Trinajstić information content (AvgIpc) is 2.35. The number of rotatable bonds is 6. The predicted octanol–water partition coefficient (Wildman–Crippen LogP) is 1.51. The lowest BCUT2D eigenvalue weighted by molar-refractivity contribution is -0.142. The van der Waals surface area contributed by atoms with Gasteiger partial charge in [0, 0.05) is 5.92 Å². The van der Waals surface area contributed by atoms with Crippen molar-refractivity contribution < 1.29 is 19.1 Å². The Balaban J connectivity index is 2.70. The molecule has 0 fully saturated rings. The second-order valence-corrected chi connectivity index (χ2v) is 3.32. The molecule has 0 heterocycles. The number of esters is 1. The first-order valence-corrected chi connectivity index (χ1v) is 4.95. The van der Waals surface area contributed by atoms with E-state index in [2.05, 4.69) is 4.74 Å². The van der Waals surface area contributed by atoms with Crippen molar-refractivity contribution in [2.45, 2.75) is 12.3 Å². The van der Waals surface area contributed by atoms with Crippen molar-refractivity contribution in [1.29, 1.82) is 0 Å². The zero-order chi connectivity index (χ0) is 11.8. The van der Waals surface area contributed by atoms with Crippen molar-refractivity contribution in [3.63, 3.8) is 0 Å². The number of benzene rings is 1. The van der Waals surface area contributed by atoms with Crippen LogP contribution in [-0.4, -0.2) is 26.2 Å². The van der Waals surface area contributed by atoms with E-state index < -0.39 is 0 Å². The Morgan fingerprint density at radius 2 is 2.06 bits per heavy atom. The second kappa shape index (κ2) is 6.61. The molecule has 0 aromatic heterocycles. The van der Waals surface area contributed by atoms with Crippen LogP contribution < -0.4 is 0 Å². The highest BCUT2D eigenvalue weighted by Gasteiger charge is 2.16. The molecule has 4 nitrogen and oxygen atoms in total. The standard InChI is InChI=1S/C12H14O4/c1-15-12(14)7-11(8-16-9-13)10-5-3-2-4-6-10/h2-6,9,11H,7-8H2,1H3/t11-/m1/s1. The van der Waals surface area contributed by atoms with Crippen LogP contribution in [0.2, 0.25) is 0 Å². The Hall–Kier alpha value is -1.84. The van der Waals surface area contributed by atoms with Crippen LogP contribution in [0.1, 0.15) is 17.9 Å². The molecule has 4 heteroatoms. The van der Waals surface area contributed by atoms with E-state index in [1.165, 1.54) is 7.11 Å². The fourth-order valence-electron chi connectivity index (χ4n) is 1.44. The molecule has 0 amide bonds. The van der Waals surface area contributed by atoms with Gasteiger partial charge in [0.15, 0.2) is 0 Å². The highest BCUT2D eigenvalue weighted by Crippen LogP contribution is 2.20. The van der Waals surface area contributed by atoms with Gasteiger partial charge in [-0.25, -0.2) is 0 Å². The van der Waals surface area contributed by atoms with E-state index in [0.29, 0.717) is 6.47 Å². The van der Waals surface area contributed by atoms with Crippen molar-refractivity contribution in [2.75, 3.05) is 13.7 Å². The molecule has 0 aliphatic rings. The molecule has 1 atom stereocenters. The Morgan fingerprint density at radius 1 is 1.38 bits per heavy atom. The van der Waals surface area contributed by atoms with E-state index in [0.717, 1.165) is 5.56 Å². The Kier molecular flexibility index (Phi) is 5.05. The Morgan fingerprint density at radius 3 is 2.62 bits per heavy atom. The van der Waals surface area contributed by atoms with Crippen LogP contribution in [0.15, 0.2) is 30.3 Å². The van der Waals surface area contributed by atoms with Crippen molar-refractivity contribution in [2.24, 2.45) is 0 Å². The Bertz CT molecular complexity index is 334. The summed E-state index contributed by atoms with van der Waals surface area (Å²) in [5.41, 5.74) is 0.953. The molecule has 0 bridgehead atoms. The predicted molar refractivity (Wildman–Crippen MR) is 57.8 cm³/mol. The van der Waals surface area contributed by atoms with Crippen LogP contribution in [0.3, 0.4) is 0 Å². The number of carbonyl (C=O) groups excluding carboxylic acids is 2. The van der Waals surface area contributed by atoms with Gasteiger partial charge >= 0.3 is 5.97 Å². The summed E-state index contributed by atoms with van der Waals surface area (Å²) in [5.74, 6) is -0.470. The largest absolute Gasteiger partial charge is 0.469 e. The van der Waals surface area contributed by atoms with E-state index in [4.69, 9.17) is 4.74 Å². The minimum absolute atomic E-state index is 0.154. The van der Waals surface area contributed by atoms with Gasteiger partial charge < -0.3 is 9.47 Å². The lowest BCUT2D eigenvalue weighted by Crippen LogP contribution is -2.13. The molecule has 16 heavy (non-hydrogen) atoms. The van der Waals surface area contributed by atoms with Crippen molar-refractivity contribution >= 4 is 12.4 Å². The lowest BCUT2D eigenvalue weighted by atomic mass is 9.97. The van der Waals surface area contributed by atoms with Crippen LogP contribution >= 0.6 is 0 Å². The maximum atomic E-state index is 11.2. The molecular formula is C12H14O4. The number of ether oxygens (including phenoxy) is 2. The fourth-order valence-corrected chi connectivity index (χ4v) is 1.44. The van der Waals surface area contributed by atoms with Gasteiger partial charge in [-0.05, 0) is 5.56 Å². The van der Waals surface area contributed by atoms with Crippen molar-refractivity contribution in [3.8, 4) is 0 Å². The molecule has 1 aromatic rings. The molecule has 0 unspecified atom stereocenters. The van der Waals surface area contributed by atoms with Gasteiger partial charge in [0.05, 0.1) is 20.1 Å². The molecule has 0 saturated carbocycles. The molecule has 0 aliphatic carbocycles. The van der Waals surface area contributed by atoms with Crippen LogP contribution in [0.25, 0.3) is 0 Å². The maximum Gasteiger partial charge on any atom is 0.306 e. The van der Waals surface area contributed by atoms with E-state index in [-0.39, 0.29) is 24.9 Å². The minimum atomic E-state index is -0.316. The molecule has 0 N–H and O–H groups in total. The molecule has 0 aliphatic heterocycles. The van der Waals surface area contributed by atoms with Gasteiger partial charge in [0.1, 0.15) is 0 Å². The first kappa shape index (κ1) is 12.2. The first-order valence-electron chi connectivity index (χ1n) is 4.95. The maximum absolute atomic E-state index is 11.2. The monoisotopic (exact) mass is 222 g/mol. The summed E-state index contributed by atoms with van der Waals surface area (Å²) in [6, 6.07) is 9.42. The summed E-state index contributed by atoms with van der Waals surface area (Å²) in [4.78, 5) is 21.4. The summed E-state index contributed by atoms with van der Waals surface area (Å²) < 4.78 is 9.31. The first-order chi connectivity index (χ1) is 7.77. The smallest absolute Gasteiger partial charge is 0.306 e. The van der Waals surface area contributed by atoms with E-state index in [1.54, 1.807) is 0 Å². The lowest BCUT2D eigenvalue weighted by Gasteiger charge is -2.14. The average molecular weight is 222 g/mol. The zero-order valence-corrected chi connectivity index (χ0v) is 9.09. The quantitative estimate of drug-likeness (QED) is 0.540. The van der Waals surface area contributed by atoms with Gasteiger partial charge in [0.25, 0.3) is 6.47 Å². The van der Waals surface area contributed by atoms with Crippen LogP contribution in [0.5, 0.6) is 0 Å². The third kappa shape index (κ3) is 3.73. The summed E-state index contributed by atoms with van der Waals surface area (Å²) in [6.45, 7) is 0.565. The Labute approximate surface area is 94.2 Å². The fraction of sp³-hybridized carbons (Fsp3) is 0.333. The molecule has 0 saturated heterocycles. The number of hydrogen-bond acceptors (Lipinski definition) is 4. The molecule has 1 rings (SSSR count). The molecule has 1 aromatic carbocycles. The van der Waals surface area contributed by atoms with Crippen LogP contribution in [0, 0.1) is 0 Å². The van der Waals surface area contributed by atoms with E-state index in [9.17, 15) is 9.59 Å². The number of carbonyl (C=O) groups is 2. The summed E-state index contributed by atoms with van der Waals surface area (Å²) in [6.07, 6.45) is 0.203. The number of methoxy groups -OCH3 is 1. The molecular weight excluding hydrogens is 208 g/mol. The van der Waals surface area contributed by atoms with Gasteiger partial charge in [-0.15, -0.1) is 0 Å². The summed E-state index contributed by atoms with van der Waals surface area (Å²) >= 11 is 0. The highest BCUT2D eigenvalue weighted by atomic mass is 16.5. The van der Waals surface area contributed by atoms with Crippen LogP contribution in [-0.2, 0) is 19.1 Å².